The van der Waals surface area contributed by atoms with Gasteiger partial charge in [-0.15, -0.1) is 0 Å². The van der Waals surface area contributed by atoms with Gasteiger partial charge in [0.05, 0.1) is 18.1 Å². The second-order valence-electron chi connectivity index (χ2n) is 5.30. The van der Waals surface area contributed by atoms with Crippen LogP contribution in [0.3, 0.4) is 0 Å². The molecule has 0 amide bonds. The molecule has 0 saturated carbocycles. The number of hydrogen-bond donors (Lipinski definition) is 1. The minimum Gasteiger partial charge on any atom is -0.497 e. The Balaban J connectivity index is 2.08. The van der Waals surface area contributed by atoms with E-state index in [1.54, 1.807) is 19.2 Å². The van der Waals surface area contributed by atoms with Crippen LogP contribution in [0.2, 0.25) is 0 Å². The lowest BCUT2D eigenvalue weighted by atomic mass is 10.1. The monoisotopic (exact) mass is 345 g/mol. The Morgan fingerprint density at radius 2 is 1.96 bits per heavy atom. The van der Waals surface area contributed by atoms with Crippen LogP contribution in [0.25, 0.3) is 0 Å². The van der Waals surface area contributed by atoms with Gasteiger partial charge in [0.1, 0.15) is 5.75 Å². The molecule has 1 N–H and O–H groups in total. The highest BCUT2D eigenvalue weighted by molar-refractivity contribution is 7.80. The topological polar surface area (TPSA) is 67.6 Å². The van der Waals surface area contributed by atoms with Crippen LogP contribution in [-0.2, 0) is 0 Å². The summed E-state index contributed by atoms with van der Waals surface area (Å²) >= 11 is 5.43. The zero-order valence-corrected chi connectivity index (χ0v) is 14.5. The molecule has 126 valence electrons. The average Bonchev–Trinajstić information content (AvgIpc) is 2.61. The van der Waals surface area contributed by atoms with E-state index in [1.165, 1.54) is 6.07 Å². The summed E-state index contributed by atoms with van der Waals surface area (Å²) in [7, 11) is 3.46. The summed E-state index contributed by atoms with van der Waals surface area (Å²) in [5.41, 5.74) is 1.74. The summed E-state index contributed by atoms with van der Waals surface area (Å²) in [6, 6.07) is 13.9. The maximum Gasteiger partial charge on any atom is 0.269 e. The van der Waals surface area contributed by atoms with Crippen molar-refractivity contribution in [3.8, 4) is 5.75 Å². The van der Waals surface area contributed by atoms with Crippen molar-refractivity contribution in [2.45, 2.75) is 13.0 Å². The van der Waals surface area contributed by atoms with Crippen LogP contribution in [0.5, 0.6) is 5.75 Å². The van der Waals surface area contributed by atoms with E-state index in [9.17, 15) is 10.1 Å². The van der Waals surface area contributed by atoms with Crippen molar-refractivity contribution in [2.75, 3.05) is 19.5 Å². The van der Waals surface area contributed by atoms with Crippen LogP contribution < -0.4 is 10.1 Å². The SMILES string of the molecule is COc1ccc(NC(=S)N(C)[C@@H](C)c2cccc([N+](=O)[O-])c2)cc1. The molecule has 0 heterocycles. The number of rotatable bonds is 5. The fourth-order valence-electron chi connectivity index (χ4n) is 2.18. The fourth-order valence-corrected chi connectivity index (χ4v) is 2.46. The van der Waals surface area contributed by atoms with Gasteiger partial charge >= 0.3 is 0 Å². The number of benzene rings is 2. The van der Waals surface area contributed by atoms with Gasteiger partial charge in [-0.1, -0.05) is 12.1 Å². The molecule has 1 atom stereocenters. The lowest BCUT2D eigenvalue weighted by molar-refractivity contribution is -0.384. The molecule has 2 rings (SSSR count). The minimum absolute atomic E-state index is 0.0711. The summed E-state index contributed by atoms with van der Waals surface area (Å²) in [5.74, 6) is 0.768. The summed E-state index contributed by atoms with van der Waals surface area (Å²) < 4.78 is 5.12. The van der Waals surface area contributed by atoms with E-state index in [0.717, 1.165) is 17.0 Å². The lowest BCUT2D eigenvalue weighted by Gasteiger charge is -2.28. The van der Waals surface area contributed by atoms with Crippen molar-refractivity contribution in [3.05, 3.63) is 64.2 Å². The second kappa shape index (κ2) is 7.74. The Kier molecular flexibility index (Phi) is 5.70. The number of methoxy groups -OCH3 is 1. The van der Waals surface area contributed by atoms with Crippen molar-refractivity contribution in [3.63, 3.8) is 0 Å². The highest BCUT2D eigenvalue weighted by atomic mass is 32.1. The molecular weight excluding hydrogens is 326 g/mol. The zero-order chi connectivity index (χ0) is 17.7. The van der Waals surface area contributed by atoms with Gasteiger partial charge in [-0.05, 0) is 49.0 Å². The molecule has 0 aliphatic rings. The maximum atomic E-state index is 10.9. The van der Waals surface area contributed by atoms with Gasteiger partial charge in [-0.2, -0.15) is 0 Å². The first-order valence-corrected chi connectivity index (χ1v) is 7.75. The predicted octanol–water partition coefficient (Wildman–Crippen LogP) is 3.99. The number of nitrogens with zero attached hydrogens (tertiary/aromatic N) is 2. The number of nitro groups is 1. The van der Waals surface area contributed by atoms with Gasteiger partial charge in [0, 0.05) is 24.9 Å². The molecule has 0 bridgehead atoms. The Hall–Kier alpha value is -2.67. The molecule has 6 nitrogen and oxygen atoms in total. The molecule has 7 heteroatoms. The summed E-state index contributed by atoms with van der Waals surface area (Å²) in [6.07, 6.45) is 0. The third-order valence-corrected chi connectivity index (χ3v) is 4.20. The van der Waals surface area contributed by atoms with E-state index >= 15 is 0 Å². The smallest absolute Gasteiger partial charge is 0.269 e. The van der Waals surface area contributed by atoms with Crippen LogP contribution in [0.1, 0.15) is 18.5 Å². The molecule has 2 aromatic rings. The molecule has 0 aliphatic carbocycles. The summed E-state index contributed by atoms with van der Waals surface area (Å²) in [6.45, 7) is 1.95. The Bertz CT molecular complexity index is 734. The molecule has 24 heavy (non-hydrogen) atoms. The number of anilines is 1. The first-order valence-electron chi connectivity index (χ1n) is 7.34. The van der Waals surface area contributed by atoms with Crippen LogP contribution in [0.4, 0.5) is 11.4 Å². The van der Waals surface area contributed by atoms with Gasteiger partial charge in [0.25, 0.3) is 5.69 Å². The highest BCUT2D eigenvalue weighted by Crippen LogP contribution is 2.24. The third-order valence-electron chi connectivity index (χ3n) is 3.81. The average molecular weight is 345 g/mol. The van der Waals surface area contributed by atoms with Gasteiger partial charge in [0.15, 0.2) is 5.11 Å². The number of nitrogens with one attached hydrogen (secondary N) is 1. The van der Waals surface area contributed by atoms with Crippen molar-refractivity contribution in [1.29, 1.82) is 0 Å². The molecule has 0 fully saturated rings. The zero-order valence-electron chi connectivity index (χ0n) is 13.7. The van der Waals surface area contributed by atoms with Gasteiger partial charge in [-0.25, -0.2) is 0 Å². The molecule has 0 saturated heterocycles. The number of nitro benzene ring substituents is 1. The second-order valence-corrected chi connectivity index (χ2v) is 5.68. The number of hydrogen-bond acceptors (Lipinski definition) is 4. The van der Waals surface area contributed by atoms with E-state index in [2.05, 4.69) is 5.32 Å². The Labute approximate surface area is 146 Å². The summed E-state index contributed by atoms with van der Waals surface area (Å²) in [4.78, 5) is 12.4. The van der Waals surface area contributed by atoms with Crippen LogP contribution in [-0.4, -0.2) is 29.1 Å². The van der Waals surface area contributed by atoms with E-state index in [-0.39, 0.29) is 11.7 Å². The lowest BCUT2D eigenvalue weighted by Crippen LogP contribution is -2.33. The van der Waals surface area contributed by atoms with Gasteiger partial charge < -0.3 is 15.0 Å². The van der Waals surface area contributed by atoms with E-state index in [1.807, 2.05) is 49.2 Å². The summed E-state index contributed by atoms with van der Waals surface area (Å²) in [5, 5.41) is 14.6. The Morgan fingerprint density at radius 3 is 2.54 bits per heavy atom. The van der Waals surface area contributed by atoms with E-state index in [4.69, 9.17) is 17.0 Å². The third kappa shape index (κ3) is 4.20. The van der Waals surface area contributed by atoms with Crippen LogP contribution in [0.15, 0.2) is 48.5 Å². The van der Waals surface area contributed by atoms with E-state index in [0.29, 0.717) is 5.11 Å². The maximum absolute atomic E-state index is 10.9. The van der Waals surface area contributed by atoms with Crippen LogP contribution >= 0.6 is 12.2 Å². The quantitative estimate of drug-likeness (QED) is 0.502. The standard InChI is InChI=1S/C17H19N3O3S/c1-12(13-5-4-6-15(11-13)20(21)22)19(2)17(24)18-14-7-9-16(23-3)10-8-14/h4-12H,1-3H3,(H,18,24)/t12-/m0/s1. The molecular formula is C17H19N3O3S. The van der Waals surface area contributed by atoms with Crippen molar-refractivity contribution < 1.29 is 9.66 Å². The molecule has 0 unspecified atom stereocenters. The number of thiocarbonyl (C=S) groups is 1. The highest BCUT2D eigenvalue weighted by Gasteiger charge is 2.17. The molecule has 0 aromatic heterocycles. The van der Waals surface area contributed by atoms with Gasteiger partial charge in [-0.3, -0.25) is 10.1 Å². The number of non-ortho nitro benzene ring substituents is 1. The van der Waals surface area contributed by atoms with Gasteiger partial charge in [0.2, 0.25) is 0 Å². The molecule has 0 spiro atoms. The van der Waals surface area contributed by atoms with E-state index < -0.39 is 4.92 Å². The minimum atomic E-state index is -0.399. The largest absolute Gasteiger partial charge is 0.497 e. The Morgan fingerprint density at radius 1 is 1.29 bits per heavy atom. The molecule has 0 aliphatic heterocycles. The first kappa shape index (κ1) is 17.7. The molecule has 2 aromatic carbocycles. The fraction of sp³-hybridized carbons (Fsp3) is 0.235. The predicted molar refractivity (Wildman–Crippen MR) is 98.5 cm³/mol. The van der Waals surface area contributed by atoms with Crippen molar-refractivity contribution in [1.82, 2.24) is 4.90 Å². The van der Waals surface area contributed by atoms with Crippen molar-refractivity contribution in [2.24, 2.45) is 0 Å². The van der Waals surface area contributed by atoms with Crippen molar-refractivity contribution >= 4 is 28.7 Å². The van der Waals surface area contributed by atoms with Crippen LogP contribution in [0, 0.1) is 10.1 Å². The first-order chi connectivity index (χ1) is 11.4. The normalized spacial score (nSPS) is 11.5. The molecule has 0 radical (unpaired) electrons. The number of ether oxygens (including phenoxy) is 1.